The molecule has 0 radical (unpaired) electrons. The van der Waals surface area contributed by atoms with Crippen LogP contribution in [0.1, 0.15) is 11.5 Å². The van der Waals surface area contributed by atoms with E-state index in [2.05, 4.69) is 10.2 Å². The molecule has 6 heteroatoms. The molecule has 0 atom stereocenters. The van der Waals surface area contributed by atoms with Crippen LogP contribution in [0.2, 0.25) is 0 Å². The maximum absolute atomic E-state index is 10.6. The Morgan fingerprint density at radius 3 is 2.38 bits per heavy atom. The quantitative estimate of drug-likeness (QED) is 0.541. The van der Waals surface area contributed by atoms with Gasteiger partial charge in [-0.1, -0.05) is 30.3 Å². The van der Waals surface area contributed by atoms with Gasteiger partial charge in [-0.15, -0.1) is 10.2 Å². The van der Waals surface area contributed by atoms with Gasteiger partial charge in [0.1, 0.15) is 0 Å². The molecule has 0 amide bonds. The summed E-state index contributed by atoms with van der Waals surface area (Å²) in [5.41, 5.74) is 1.80. The molecule has 0 bridgehead atoms. The molecule has 3 rings (SSSR count). The minimum atomic E-state index is -0.427. The van der Waals surface area contributed by atoms with Gasteiger partial charge >= 0.3 is 0 Å². The fourth-order valence-electron chi connectivity index (χ4n) is 1.93. The van der Waals surface area contributed by atoms with Gasteiger partial charge in [-0.3, -0.25) is 10.1 Å². The lowest BCUT2D eigenvalue weighted by Gasteiger charge is -1.97. The third-order valence-corrected chi connectivity index (χ3v) is 2.99. The Balaban J connectivity index is 1.77. The van der Waals surface area contributed by atoms with Crippen molar-refractivity contribution in [1.82, 2.24) is 10.2 Å². The molecule has 21 heavy (non-hydrogen) atoms. The summed E-state index contributed by atoms with van der Waals surface area (Å²) in [6.45, 7) is 0. The Bertz CT molecular complexity index is 751. The summed E-state index contributed by atoms with van der Waals surface area (Å²) in [6, 6.07) is 15.8. The van der Waals surface area contributed by atoms with Crippen molar-refractivity contribution < 1.29 is 9.34 Å². The van der Waals surface area contributed by atoms with Crippen molar-refractivity contribution in [3.8, 4) is 11.5 Å². The first kappa shape index (κ1) is 13.0. The molecule has 0 aliphatic carbocycles. The zero-order valence-corrected chi connectivity index (χ0v) is 11.0. The van der Waals surface area contributed by atoms with Gasteiger partial charge in [-0.05, 0) is 17.7 Å². The highest BCUT2D eigenvalue weighted by atomic mass is 16.6. The summed E-state index contributed by atoms with van der Waals surface area (Å²) in [5, 5.41) is 18.6. The lowest BCUT2D eigenvalue weighted by atomic mass is 10.1. The summed E-state index contributed by atoms with van der Waals surface area (Å²) < 4.78 is 5.60. The second kappa shape index (κ2) is 5.54. The van der Waals surface area contributed by atoms with Crippen LogP contribution in [-0.2, 0) is 6.42 Å². The van der Waals surface area contributed by atoms with E-state index in [1.807, 2.05) is 30.3 Å². The van der Waals surface area contributed by atoms with Crippen LogP contribution in [-0.4, -0.2) is 15.1 Å². The van der Waals surface area contributed by atoms with Crippen LogP contribution in [0, 0.1) is 10.1 Å². The van der Waals surface area contributed by atoms with Gasteiger partial charge in [0.2, 0.25) is 11.8 Å². The maximum atomic E-state index is 10.6. The predicted octanol–water partition coefficient (Wildman–Crippen LogP) is 3.24. The molecular formula is C15H11N3O3. The van der Waals surface area contributed by atoms with Crippen molar-refractivity contribution in [2.45, 2.75) is 6.42 Å². The standard InChI is InChI=1S/C15H11N3O3/c19-18(20)13-8-6-11(7-9-13)10-14-16-17-15(21-14)12-4-2-1-3-5-12/h1-9H,10H2. The molecule has 0 saturated heterocycles. The largest absolute Gasteiger partial charge is 0.420 e. The van der Waals surface area contributed by atoms with Crippen LogP contribution in [0.15, 0.2) is 59.0 Å². The number of nitro groups is 1. The number of hydrogen-bond acceptors (Lipinski definition) is 5. The molecule has 6 nitrogen and oxygen atoms in total. The van der Waals surface area contributed by atoms with E-state index in [9.17, 15) is 10.1 Å². The molecule has 0 aliphatic heterocycles. The Morgan fingerprint density at radius 1 is 1.00 bits per heavy atom. The first-order chi connectivity index (χ1) is 10.2. The van der Waals surface area contributed by atoms with Crippen molar-refractivity contribution in [3.05, 3.63) is 76.2 Å². The second-order valence-corrected chi connectivity index (χ2v) is 4.47. The van der Waals surface area contributed by atoms with Crippen LogP contribution in [0.25, 0.3) is 11.5 Å². The Morgan fingerprint density at radius 2 is 1.71 bits per heavy atom. The molecule has 0 spiro atoms. The van der Waals surface area contributed by atoms with E-state index in [4.69, 9.17) is 4.42 Å². The Kier molecular flexibility index (Phi) is 3.42. The smallest absolute Gasteiger partial charge is 0.269 e. The monoisotopic (exact) mass is 281 g/mol. The van der Waals surface area contributed by atoms with E-state index in [0.717, 1.165) is 11.1 Å². The fourth-order valence-corrected chi connectivity index (χ4v) is 1.93. The summed E-state index contributed by atoms with van der Waals surface area (Å²) in [5.74, 6) is 0.940. The molecule has 0 N–H and O–H groups in total. The van der Waals surface area contributed by atoms with Crippen LogP contribution in [0.5, 0.6) is 0 Å². The first-order valence-corrected chi connectivity index (χ1v) is 6.33. The summed E-state index contributed by atoms with van der Waals surface area (Å²) in [7, 11) is 0. The lowest BCUT2D eigenvalue weighted by Crippen LogP contribution is -1.91. The van der Waals surface area contributed by atoms with E-state index < -0.39 is 4.92 Å². The highest BCUT2D eigenvalue weighted by Crippen LogP contribution is 2.19. The first-order valence-electron chi connectivity index (χ1n) is 6.33. The average molecular weight is 281 g/mol. The number of hydrogen-bond donors (Lipinski definition) is 0. The number of nitrogens with zero attached hydrogens (tertiary/aromatic N) is 3. The normalized spacial score (nSPS) is 10.5. The summed E-state index contributed by atoms with van der Waals surface area (Å²) in [6.07, 6.45) is 0.442. The highest BCUT2D eigenvalue weighted by molar-refractivity contribution is 5.51. The Labute approximate surface area is 120 Å². The van der Waals surface area contributed by atoms with Crippen molar-refractivity contribution in [2.24, 2.45) is 0 Å². The zero-order chi connectivity index (χ0) is 14.7. The molecule has 1 aromatic heterocycles. The van der Waals surface area contributed by atoms with Crippen LogP contribution in [0.4, 0.5) is 5.69 Å². The van der Waals surface area contributed by atoms with E-state index in [-0.39, 0.29) is 5.69 Å². The van der Waals surface area contributed by atoms with Gasteiger partial charge in [0.05, 0.1) is 11.3 Å². The number of benzene rings is 2. The molecule has 2 aromatic carbocycles. The number of nitro benzene ring substituents is 1. The molecule has 0 saturated carbocycles. The summed E-state index contributed by atoms with van der Waals surface area (Å²) in [4.78, 5) is 10.2. The van der Waals surface area contributed by atoms with Gasteiger partial charge in [-0.25, -0.2) is 0 Å². The molecule has 0 aliphatic rings. The molecular weight excluding hydrogens is 270 g/mol. The third-order valence-electron chi connectivity index (χ3n) is 2.99. The minimum absolute atomic E-state index is 0.0641. The van der Waals surface area contributed by atoms with E-state index in [1.165, 1.54) is 12.1 Å². The van der Waals surface area contributed by atoms with Gasteiger partial charge in [0.15, 0.2) is 0 Å². The topological polar surface area (TPSA) is 82.1 Å². The van der Waals surface area contributed by atoms with E-state index in [1.54, 1.807) is 12.1 Å². The number of aromatic nitrogens is 2. The number of non-ortho nitro benzene ring substituents is 1. The second-order valence-electron chi connectivity index (χ2n) is 4.47. The fraction of sp³-hybridized carbons (Fsp3) is 0.0667. The molecule has 3 aromatic rings. The maximum Gasteiger partial charge on any atom is 0.269 e. The highest BCUT2D eigenvalue weighted by Gasteiger charge is 2.10. The van der Waals surface area contributed by atoms with Crippen molar-refractivity contribution >= 4 is 5.69 Å². The van der Waals surface area contributed by atoms with Crippen molar-refractivity contribution in [1.29, 1.82) is 0 Å². The molecule has 0 fully saturated rings. The lowest BCUT2D eigenvalue weighted by molar-refractivity contribution is -0.384. The van der Waals surface area contributed by atoms with Crippen LogP contribution in [0.3, 0.4) is 0 Å². The zero-order valence-electron chi connectivity index (χ0n) is 11.0. The van der Waals surface area contributed by atoms with Gasteiger partial charge in [0.25, 0.3) is 5.69 Å². The van der Waals surface area contributed by atoms with Crippen LogP contribution >= 0.6 is 0 Å². The van der Waals surface area contributed by atoms with Gasteiger partial charge in [0, 0.05) is 17.7 Å². The minimum Gasteiger partial charge on any atom is -0.420 e. The van der Waals surface area contributed by atoms with Crippen LogP contribution < -0.4 is 0 Å². The molecule has 104 valence electrons. The van der Waals surface area contributed by atoms with Gasteiger partial charge in [-0.2, -0.15) is 0 Å². The SMILES string of the molecule is O=[N+]([O-])c1ccc(Cc2nnc(-c3ccccc3)o2)cc1. The average Bonchev–Trinajstić information content (AvgIpc) is 2.97. The van der Waals surface area contributed by atoms with Crippen molar-refractivity contribution in [2.75, 3.05) is 0 Å². The van der Waals surface area contributed by atoms with Crippen molar-refractivity contribution in [3.63, 3.8) is 0 Å². The molecule has 1 heterocycles. The molecule has 0 unspecified atom stereocenters. The van der Waals surface area contributed by atoms with E-state index >= 15 is 0 Å². The van der Waals surface area contributed by atoms with Gasteiger partial charge < -0.3 is 4.42 Å². The summed E-state index contributed by atoms with van der Waals surface area (Å²) >= 11 is 0. The Hall–Kier alpha value is -3.02. The third kappa shape index (κ3) is 2.94. The predicted molar refractivity (Wildman–Crippen MR) is 75.6 cm³/mol. The number of rotatable bonds is 4. The van der Waals surface area contributed by atoms with E-state index in [0.29, 0.717) is 18.2 Å².